The zero-order valence-electron chi connectivity index (χ0n) is 13.9. The molecule has 24 heavy (non-hydrogen) atoms. The maximum atomic E-state index is 12.4. The number of ether oxygens (including phenoxy) is 1. The van der Waals surface area contributed by atoms with Crippen LogP contribution in [0.4, 0.5) is 5.69 Å². The standard InChI is InChI=1S/C18H20N2O4/c1-4-16(13-8-9-17(24-3)12(2)10-13)19-18(21)14-6-5-7-15(11-14)20(22)23/h5-11,16H,4H2,1-3H3,(H,19,21)/t16-/m1/s1. The molecule has 0 saturated heterocycles. The van der Waals surface area contributed by atoms with E-state index < -0.39 is 4.92 Å². The lowest BCUT2D eigenvalue weighted by atomic mass is 10.0. The van der Waals surface area contributed by atoms with Gasteiger partial charge in [0.15, 0.2) is 0 Å². The maximum absolute atomic E-state index is 12.4. The number of amides is 1. The van der Waals surface area contributed by atoms with Crippen molar-refractivity contribution in [2.24, 2.45) is 0 Å². The molecule has 0 saturated carbocycles. The number of nitro benzene ring substituents is 1. The Bertz CT molecular complexity index is 758. The van der Waals surface area contributed by atoms with Crippen LogP contribution < -0.4 is 10.1 Å². The van der Waals surface area contributed by atoms with Gasteiger partial charge in [-0.25, -0.2) is 0 Å². The zero-order chi connectivity index (χ0) is 17.7. The van der Waals surface area contributed by atoms with Gasteiger partial charge in [0.05, 0.1) is 18.1 Å². The number of hydrogen-bond acceptors (Lipinski definition) is 4. The molecule has 6 nitrogen and oxygen atoms in total. The topological polar surface area (TPSA) is 81.5 Å². The molecule has 0 heterocycles. The van der Waals surface area contributed by atoms with E-state index in [2.05, 4.69) is 5.32 Å². The molecule has 0 fully saturated rings. The van der Waals surface area contributed by atoms with Crippen molar-refractivity contribution in [3.05, 3.63) is 69.3 Å². The van der Waals surface area contributed by atoms with Gasteiger partial charge in [-0.3, -0.25) is 14.9 Å². The largest absolute Gasteiger partial charge is 0.496 e. The molecule has 0 aliphatic carbocycles. The predicted molar refractivity (Wildman–Crippen MR) is 91.3 cm³/mol. The molecule has 0 radical (unpaired) electrons. The summed E-state index contributed by atoms with van der Waals surface area (Å²) in [4.78, 5) is 22.7. The number of non-ortho nitro benzene ring substituents is 1. The van der Waals surface area contributed by atoms with E-state index in [9.17, 15) is 14.9 Å². The Morgan fingerprint density at radius 1 is 1.29 bits per heavy atom. The summed E-state index contributed by atoms with van der Waals surface area (Å²) in [5.74, 6) is 0.456. The summed E-state index contributed by atoms with van der Waals surface area (Å²) in [5, 5.41) is 13.8. The van der Waals surface area contributed by atoms with Crippen molar-refractivity contribution in [3.8, 4) is 5.75 Å². The molecule has 1 N–H and O–H groups in total. The van der Waals surface area contributed by atoms with Gasteiger partial charge in [0.25, 0.3) is 11.6 Å². The molecule has 1 atom stereocenters. The SMILES string of the molecule is CC[C@@H](NC(=O)c1cccc([N+](=O)[O-])c1)c1ccc(OC)c(C)c1. The quantitative estimate of drug-likeness (QED) is 0.646. The van der Waals surface area contributed by atoms with E-state index in [1.54, 1.807) is 13.2 Å². The molecule has 126 valence electrons. The van der Waals surface area contributed by atoms with Crippen molar-refractivity contribution in [2.75, 3.05) is 7.11 Å². The molecule has 0 aliphatic rings. The van der Waals surface area contributed by atoms with Crippen molar-refractivity contribution in [1.82, 2.24) is 5.32 Å². The summed E-state index contributed by atoms with van der Waals surface area (Å²) >= 11 is 0. The minimum Gasteiger partial charge on any atom is -0.496 e. The van der Waals surface area contributed by atoms with Gasteiger partial charge >= 0.3 is 0 Å². The summed E-state index contributed by atoms with van der Waals surface area (Å²) in [6, 6.07) is 11.3. The Morgan fingerprint density at radius 3 is 2.62 bits per heavy atom. The van der Waals surface area contributed by atoms with Crippen LogP contribution in [0.15, 0.2) is 42.5 Å². The lowest BCUT2D eigenvalue weighted by Crippen LogP contribution is -2.28. The Hall–Kier alpha value is -2.89. The van der Waals surface area contributed by atoms with Crippen LogP contribution in [0.5, 0.6) is 5.75 Å². The monoisotopic (exact) mass is 328 g/mol. The summed E-state index contributed by atoms with van der Waals surface area (Å²) in [6.07, 6.45) is 0.701. The average molecular weight is 328 g/mol. The van der Waals surface area contributed by atoms with Gasteiger partial charge in [0.1, 0.15) is 5.75 Å². The second-order valence-corrected chi connectivity index (χ2v) is 5.47. The van der Waals surface area contributed by atoms with E-state index in [0.717, 1.165) is 16.9 Å². The van der Waals surface area contributed by atoms with Crippen molar-refractivity contribution in [2.45, 2.75) is 26.3 Å². The molecule has 1 amide bonds. The Labute approximate surface area is 140 Å². The van der Waals surface area contributed by atoms with Gasteiger partial charge < -0.3 is 10.1 Å². The average Bonchev–Trinajstić information content (AvgIpc) is 2.59. The Morgan fingerprint density at radius 2 is 2.04 bits per heavy atom. The van der Waals surface area contributed by atoms with Crippen LogP contribution in [0, 0.1) is 17.0 Å². The first-order chi connectivity index (χ1) is 11.5. The van der Waals surface area contributed by atoms with Crippen LogP contribution in [0.2, 0.25) is 0 Å². The highest BCUT2D eigenvalue weighted by atomic mass is 16.6. The number of rotatable bonds is 6. The number of benzene rings is 2. The van der Waals surface area contributed by atoms with Crippen LogP contribution in [0.25, 0.3) is 0 Å². The molecule has 0 aromatic heterocycles. The lowest BCUT2D eigenvalue weighted by molar-refractivity contribution is -0.384. The van der Waals surface area contributed by atoms with Gasteiger partial charge in [0.2, 0.25) is 0 Å². The van der Waals surface area contributed by atoms with E-state index in [1.807, 2.05) is 32.0 Å². The Kier molecular flexibility index (Phi) is 5.52. The van der Waals surface area contributed by atoms with E-state index in [0.29, 0.717) is 6.42 Å². The van der Waals surface area contributed by atoms with Gasteiger partial charge in [-0.1, -0.05) is 25.1 Å². The van der Waals surface area contributed by atoms with Crippen molar-refractivity contribution >= 4 is 11.6 Å². The molecular weight excluding hydrogens is 308 g/mol. The maximum Gasteiger partial charge on any atom is 0.270 e. The summed E-state index contributed by atoms with van der Waals surface area (Å²) in [7, 11) is 1.61. The van der Waals surface area contributed by atoms with Gasteiger partial charge in [-0.2, -0.15) is 0 Å². The molecule has 2 aromatic carbocycles. The van der Waals surface area contributed by atoms with Crippen molar-refractivity contribution in [3.63, 3.8) is 0 Å². The van der Waals surface area contributed by atoms with E-state index in [-0.39, 0.29) is 23.2 Å². The summed E-state index contributed by atoms with van der Waals surface area (Å²) in [5.41, 5.74) is 2.12. The number of carbonyl (C=O) groups is 1. The number of nitro groups is 1. The molecular formula is C18H20N2O4. The van der Waals surface area contributed by atoms with Crippen molar-refractivity contribution < 1.29 is 14.5 Å². The fraction of sp³-hybridized carbons (Fsp3) is 0.278. The van der Waals surface area contributed by atoms with Gasteiger partial charge in [-0.15, -0.1) is 0 Å². The molecule has 0 aliphatic heterocycles. The molecule has 0 unspecified atom stereocenters. The highest BCUT2D eigenvalue weighted by Crippen LogP contribution is 2.24. The minimum absolute atomic E-state index is 0.101. The smallest absolute Gasteiger partial charge is 0.270 e. The first-order valence-corrected chi connectivity index (χ1v) is 7.66. The highest BCUT2D eigenvalue weighted by molar-refractivity contribution is 5.95. The fourth-order valence-corrected chi connectivity index (χ4v) is 2.54. The normalized spacial score (nSPS) is 11.6. The van der Waals surface area contributed by atoms with Gasteiger partial charge in [-0.05, 0) is 36.6 Å². The lowest BCUT2D eigenvalue weighted by Gasteiger charge is -2.19. The van der Waals surface area contributed by atoms with Crippen molar-refractivity contribution in [1.29, 1.82) is 0 Å². The first kappa shape index (κ1) is 17.5. The Balaban J connectivity index is 2.20. The third-order valence-electron chi connectivity index (χ3n) is 3.85. The number of carbonyl (C=O) groups excluding carboxylic acids is 1. The molecule has 2 aromatic rings. The molecule has 2 rings (SSSR count). The number of methoxy groups -OCH3 is 1. The molecule has 0 spiro atoms. The predicted octanol–water partition coefficient (Wildman–Crippen LogP) is 3.79. The van der Waals surface area contributed by atoms with Gasteiger partial charge in [0, 0.05) is 17.7 Å². The third-order valence-corrected chi connectivity index (χ3v) is 3.85. The van der Waals surface area contributed by atoms with E-state index >= 15 is 0 Å². The number of nitrogens with one attached hydrogen (secondary N) is 1. The summed E-state index contributed by atoms with van der Waals surface area (Å²) < 4.78 is 5.25. The second-order valence-electron chi connectivity index (χ2n) is 5.47. The number of aryl methyl sites for hydroxylation is 1. The number of nitrogens with zero attached hydrogens (tertiary/aromatic N) is 1. The fourth-order valence-electron chi connectivity index (χ4n) is 2.54. The van der Waals surface area contributed by atoms with Crippen LogP contribution in [-0.4, -0.2) is 17.9 Å². The van der Waals surface area contributed by atoms with Crippen LogP contribution in [-0.2, 0) is 0 Å². The van der Waals surface area contributed by atoms with Crippen LogP contribution in [0.1, 0.15) is 40.9 Å². The van der Waals surface area contributed by atoms with Crippen LogP contribution >= 0.6 is 0 Å². The number of hydrogen-bond donors (Lipinski definition) is 1. The molecule has 0 bridgehead atoms. The molecule has 6 heteroatoms. The first-order valence-electron chi connectivity index (χ1n) is 7.66. The zero-order valence-corrected chi connectivity index (χ0v) is 13.9. The minimum atomic E-state index is -0.513. The van der Waals surface area contributed by atoms with E-state index in [1.165, 1.54) is 18.2 Å². The van der Waals surface area contributed by atoms with Crippen LogP contribution in [0.3, 0.4) is 0 Å². The third kappa shape index (κ3) is 3.90. The summed E-state index contributed by atoms with van der Waals surface area (Å²) in [6.45, 7) is 3.91. The second kappa shape index (κ2) is 7.59. The highest BCUT2D eigenvalue weighted by Gasteiger charge is 2.17. The van der Waals surface area contributed by atoms with E-state index in [4.69, 9.17) is 4.74 Å².